The molecule has 1 aliphatic heterocycles. The van der Waals surface area contributed by atoms with E-state index in [-0.39, 0.29) is 24.6 Å². The number of carbonyl (C=O) groups is 1. The summed E-state index contributed by atoms with van der Waals surface area (Å²) in [5.74, 6) is 0.0310. The second-order valence-electron chi connectivity index (χ2n) is 4.72. The molecule has 1 saturated heterocycles. The molecule has 1 heterocycles. The van der Waals surface area contributed by atoms with Gasteiger partial charge in [0, 0.05) is 6.04 Å². The van der Waals surface area contributed by atoms with Crippen molar-refractivity contribution >= 4 is 5.91 Å². The van der Waals surface area contributed by atoms with Crippen LogP contribution in [0.25, 0.3) is 0 Å². The summed E-state index contributed by atoms with van der Waals surface area (Å²) in [5, 5.41) is 11.7. The monoisotopic (exact) mass is 228 g/mol. The average molecular weight is 228 g/mol. The number of rotatable bonds is 4. The Balaban J connectivity index is 2.41. The molecule has 1 aliphatic rings. The predicted octanol–water partition coefficient (Wildman–Crippen LogP) is 0.748. The van der Waals surface area contributed by atoms with Crippen molar-refractivity contribution in [3.8, 4) is 0 Å². The molecule has 2 unspecified atom stereocenters. The van der Waals surface area contributed by atoms with E-state index in [9.17, 15) is 4.79 Å². The standard InChI is InChI=1S/C12H24N2O2/c1-10(9-15)13-12(16)11(2)14-7-5-3-4-6-8-14/h10-11,15H,3-9H2,1-2H3,(H,13,16). The fourth-order valence-electron chi connectivity index (χ4n) is 2.06. The molecule has 0 saturated carbocycles. The van der Waals surface area contributed by atoms with Crippen LogP contribution in [0.1, 0.15) is 39.5 Å². The van der Waals surface area contributed by atoms with E-state index in [1.807, 2.05) is 13.8 Å². The van der Waals surface area contributed by atoms with Gasteiger partial charge in [-0.15, -0.1) is 0 Å². The van der Waals surface area contributed by atoms with Gasteiger partial charge < -0.3 is 10.4 Å². The van der Waals surface area contributed by atoms with Crippen LogP contribution in [0.5, 0.6) is 0 Å². The zero-order chi connectivity index (χ0) is 12.0. The highest BCUT2D eigenvalue weighted by Crippen LogP contribution is 2.12. The number of carbonyl (C=O) groups excluding carboxylic acids is 1. The van der Waals surface area contributed by atoms with E-state index in [0.717, 1.165) is 13.1 Å². The van der Waals surface area contributed by atoms with Crippen molar-refractivity contribution in [3.05, 3.63) is 0 Å². The van der Waals surface area contributed by atoms with Gasteiger partial charge >= 0.3 is 0 Å². The van der Waals surface area contributed by atoms with Crippen molar-refractivity contribution in [3.63, 3.8) is 0 Å². The van der Waals surface area contributed by atoms with Crippen LogP contribution < -0.4 is 5.32 Å². The van der Waals surface area contributed by atoms with Crippen LogP contribution in [0.2, 0.25) is 0 Å². The Hall–Kier alpha value is -0.610. The highest BCUT2D eigenvalue weighted by Gasteiger charge is 2.22. The molecule has 0 aliphatic carbocycles. The zero-order valence-corrected chi connectivity index (χ0v) is 10.4. The van der Waals surface area contributed by atoms with E-state index in [2.05, 4.69) is 10.2 Å². The van der Waals surface area contributed by atoms with Gasteiger partial charge in [-0.3, -0.25) is 9.69 Å². The van der Waals surface area contributed by atoms with E-state index in [4.69, 9.17) is 5.11 Å². The molecule has 1 amide bonds. The van der Waals surface area contributed by atoms with Crippen LogP contribution in [-0.2, 0) is 4.79 Å². The van der Waals surface area contributed by atoms with Gasteiger partial charge in [-0.1, -0.05) is 12.8 Å². The minimum atomic E-state index is -0.151. The Morgan fingerprint density at radius 1 is 1.25 bits per heavy atom. The van der Waals surface area contributed by atoms with Gasteiger partial charge in [0.25, 0.3) is 0 Å². The summed E-state index contributed by atoms with van der Waals surface area (Å²) < 4.78 is 0. The number of amides is 1. The Bertz CT molecular complexity index is 213. The van der Waals surface area contributed by atoms with Crippen molar-refractivity contribution in [1.29, 1.82) is 0 Å². The third-order valence-electron chi connectivity index (χ3n) is 3.23. The third-order valence-corrected chi connectivity index (χ3v) is 3.23. The number of hydrogen-bond donors (Lipinski definition) is 2. The van der Waals surface area contributed by atoms with Gasteiger partial charge in [-0.25, -0.2) is 0 Å². The molecule has 0 bridgehead atoms. The number of hydrogen-bond acceptors (Lipinski definition) is 3. The van der Waals surface area contributed by atoms with Crippen LogP contribution in [0, 0.1) is 0 Å². The lowest BCUT2D eigenvalue weighted by Gasteiger charge is -2.27. The molecule has 16 heavy (non-hydrogen) atoms. The Kier molecular flexibility index (Phi) is 5.77. The lowest BCUT2D eigenvalue weighted by Crippen LogP contribution is -2.48. The summed E-state index contributed by atoms with van der Waals surface area (Å²) in [6, 6.07) is -0.228. The first-order valence-corrected chi connectivity index (χ1v) is 6.30. The summed E-state index contributed by atoms with van der Waals surface area (Å²) in [5.41, 5.74) is 0. The molecule has 94 valence electrons. The summed E-state index contributed by atoms with van der Waals surface area (Å²) >= 11 is 0. The second-order valence-corrected chi connectivity index (χ2v) is 4.72. The van der Waals surface area contributed by atoms with Gasteiger partial charge in [0.05, 0.1) is 12.6 Å². The molecule has 2 atom stereocenters. The van der Waals surface area contributed by atoms with Crippen molar-refractivity contribution in [2.75, 3.05) is 19.7 Å². The molecule has 0 aromatic carbocycles. The lowest BCUT2D eigenvalue weighted by molar-refractivity contribution is -0.126. The van der Waals surface area contributed by atoms with Crippen LogP contribution in [0.4, 0.5) is 0 Å². The number of likely N-dealkylation sites (tertiary alicyclic amines) is 1. The first-order valence-electron chi connectivity index (χ1n) is 6.30. The molecule has 1 rings (SSSR count). The smallest absolute Gasteiger partial charge is 0.237 e. The third kappa shape index (κ3) is 4.10. The number of nitrogens with zero attached hydrogens (tertiary/aromatic N) is 1. The highest BCUT2D eigenvalue weighted by atomic mass is 16.3. The first-order chi connectivity index (χ1) is 7.65. The van der Waals surface area contributed by atoms with Crippen molar-refractivity contribution in [2.24, 2.45) is 0 Å². The SMILES string of the molecule is CC(CO)NC(=O)C(C)N1CCCCCC1. The largest absolute Gasteiger partial charge is 0.394 e. The van der Waals surface area contributed by atoms with E-state index in [0.29, 0.717) is 0 Å². The van der Waals surface area contributed by atoms with Crippen LogP contribution >= 0.6 is 0 Å². The molecule has 0 aromatic heterocycles. The highest BCUT2D eigenvalue weighted by molar-refractivity contribution is 5.81. The van der Waals surface area contributed by atoms with E-state index in [1.165, 1.54) is 25.7 Å². The summed E-state index contributed by atoms with van der Waals surface area (Å²) in [6.45, 7) is 5.79. The molecule has 4 nitrogen and oxygen atoms in total. The molecule has 0 radical (unpaired) electrons. The van der Waals surface area contributed by atoms with Crippen LogP contribution in [0.15, 0.2) is 0 Å². The number of nitrogens with one attached hydrogen (secondary N) is 1. The topological polar surface area (TPSA) is 52.6 Å². The van der Waals surface area contributed by atoms with Gasteiger partial charge in [-0.05, 0) is 39.8 Å². The molecule has 0 aromatic rings. The number of aliphatic hydroxyl groups is 1. The van der Waals surface area contributed by atoms with E-state index < -0.39 is 0 Å². The lowest BCUT2D eigenvalue weighted by atomic mass is 10.2. The molecular weight excluding hydrogens is 204 g/mol. The summed E-state index contributed by atoms with van der Waals surface area (Å²) in [6.07, 6.45) is 4.93. The maximum Gasteiger partial charge on any atom is 0.237 e. The maximum absolute atomic E-state index is 11.9. The van der Waals surface area contributed by atoms with Gasteiger partial charge in [-0.2, -0.15) is 0 Å². The fourth-order valence-corrected chi connectivity index (χ4v) is 2.06. The van der Waals surface area contributed by atoms with Gasteiger partial charge in [0.1, 0.15) is 0 Å². The molecule has 2 N–H and O–H groups in total. The minimum absolute atomic E-state index is 0.00153. The van der Waals surface area contributed by atoms with Crippen molar-refractivity contribution in [2.45, 2.75) is 51.6 Å². The average Bonchev–Trinajstić information content (AvgIpc) is 2.56. The predicted molar refractivity (Wildman–Crippen MR) is 64.2 cm³/mol. The van der Waals surface area contributed by atoms with Gasteiger partial charge in [0.15, 0.2) is 0 Å². The second kappa shape index (κ2) is 6.86. The molecule has 4 heteroatoms. The zero-order valence-electron chi connectivity index (χ0n) is 10.4. The van der Waals surface area contributed by atoms with E-state index >= 15 is 0 Å². The van der Waals surface area contributed by atoms with Gasteiger partial charge in [0.2, 0.25) is 5.91 Å². The molecule has 0 spiro atoms. The minimum Gasteiger partial charge on any atom is -0.394 e. The quantitative estimate of drug-likeness (QED) is 0.746. The Labute approximate surface area is 98.0 Å². The normalized spacial score (nSPS) is 22.2. The first kappa shape index (κ1) is 13.5. The molecular formula is C12H24N2O2. The molecule has 1 fully saturated rings. The van der Waals surface area contributed by atoms with Crippen LogP contribution in [0.3, 0.4) is 0 Å². The fraction of sp³-hybridized carbons (Fsp3) is 0.917. The number of aliphatic hydroxyl groups excluding tert-OH is 1. The summed E-state index contributed by atoms with van der Waals surface area (Å²) in [7, 11) is 0. The van der Waals surface area contributed by atoms with Crippen LogP contribution in [-0.4, -0.2) is 47.7 Å². The Morgan fingerprint density at radius 3 is 2.31 bits per heavy atom. The Morgan fingerprint density at radius 2 is 1.81 bits per heavy atom. The van der Waals surface area contributed by atoms with Crippen molar-refractivity contribution < 1.29 is 9.90 Å². The van der Waals surface area contributed by atoms with Crippen molar-refractivity contribution in [1.82, 2.24) is 10.2 Å². The maximum atomic E-state index is 11.9. The summed E-state index contributed by atoms with van der Waals surface area (Å²) in [4.78, 5) is 14.1. The van der Waals surface area contributed by atoms with E-state index in [1.54, 1.807) is 0 Å².